The first-order valence-electron chi connectivity index (χ1n) is 9.21. The standard InChI is InChI=1S/C20H21N5O3/c1-13(26)25-7-8-28-18-12-24(11-17(18)25)20(27)23(2)19-9-14(10-21)15-5-3-4-6-16(15)22-19/h3-6,9,17-18H,7-8,11-12H2,1-2H3. The van der Waals surface area contributed by atoms with Gasteiger partial charge < -0.3 is 14.5 Å². The molecule has 8 heteroatoms. The molecular formula is C20H21N5O3. The number of carbonyl (C=O) groups is 2. The number of hydrogen-bond donors (Lipinski definition) is 0. The average Bonchev–Trinajstić information content (AvgIpc) is 3.15. The fourth-order valence-electron chi connectivity index (χ4n) is 3.97. The molecule has 2 fully saturated rings. The molecule has 0 spiro atoms. The Morgan fingerprint density at radius 2 is 2.11 bits per heavy atom. The lowest BCUT2D eigenvalue weighted by atomic mass is 10.1. The third-order valence-corrected chi connectivity index (χ3v) is 5.43. The summed E-state index contributed by atoms with van der Waals surface area (Å²) in [4.78, 5) is 34.4. The highest BCUT2D eigenvalue weighted by Gasteiger charge is 2.43. The van der Waals surface area contributed by atoms with Gasteiger partial charge in [-0.05, 0) is 12.1 Å². The predicted molar refractivity (Wildman–Crippen MR) is 103 cm³/mol. The molecule has 0 N–H and O–H groups in total. The van der Waals surface area contributed by atoms with Crippen molar-refractivity contribution < 1.29 is 14.3 Å². The van der Waals surface area contributed by atoms with Crippen molar-refractivity contribution in [3.05, 3.63) is 35.9 Å². The van der Waals surface area contributed by atoms with Crippen molar-refractivity contribution >= 4 is 28.7 Å². The number of carbonyl (C=O) groups excluding carboxylic acids is 2. The van der Waals surface area contributed by atoms with E-state index in [2.05, 4.69) is 11.1 Å². The maximum absolute atomic E-state index is 13.1. The number of fused-ring (bicyclic) bond motifs is 2. The van der Waals surface area contributed by atoms with E-state index in [-0.39, 0.29) is 24.1 Å². The number of anilines is 1. The summed E-state index contributed by atoms with van der Waals surface area (Å²) in [6.45, 7) is 3.42. The molecular weight excluding hydrogens is 358 g/mol. The van der Waals surface area contributed by atoms with Gasteiger partial charge in [-0.15, -0.1) is 0 Å². The van der Waals surface area contributed by atoms with Crippen LogP contribution in [0, 0.1) is 11.3 Å². The van der Waals surface area contributed by atoms with Crippen molar-refractivity contribution in [2.24, 2.45) is 0 Å². The van der Waals surface area contributed by atoms with Gasteiger partial charge in [0.2, 0.25) is 5.91 Å². The molecule has 2 aromatic rings. The van der Waals surface area contributed by atoms with Gasteiger partial charge >= 0.3 is 6.03 Å². The van der Waals surface area contributed by atoms with Crippen LogP contribution in [0.3, 0.4) is 0 Å². The Balaban J connectivity index is 1.58. The van der Waals surface area contributed by atoms with Crippen LogP contribution in [0.25, 0.3) is 10.9 Å². The molecule has 1 aromatic carbocycles. The summed E-state index contributed by atoms with van der Waals surface area (Å²) in [5.41, 5.74) is 1.14. The number of nitrogens with zero attached hydrogens (tertiary/aromatic N) is 5. The Bertz CT molecular complexity index is 985. The first-order valence-corrected chi connectivity index (χ1v) is 9.21. The fraction of sp³-hybridized carbons (Fsp3) is 0.400. The number of amides is 3. The second-order valence-electron chi connectivity index (χ2n) is 7.09. The van der Waals surface area contributed by atoms with Crippen molar-refractivity contribution in [3.63, 3.8) is 0 Å². The van der Waals surface area contributed by atoms with Gasteiger partial charge in [0.05, 0.1) is 42.4 Å². The van der Waals surface area contributed by atoms with E-state index in [4.69, 9.17) is 4.74 Å². The molecule has 144 valence electrons. The van der Waals surface area contributed by atoms with Crippen molar-refractivity contribution in [3.8, 4) is 6.07 Å². The molecule has 2 aliphatic rings. The Morgan fingerprint density at radius 3 is 2.86 bits per heavy atom. The minimum absolute atomic E-state index is 0.00388. The van der Waals surface area contributed by atoms with Gasteiger partial charge in [-0.1, -0.05) is 18.2 Å². The number of pyridine rings is 1. The highest BCUT2D eigenvalue weighted by atomic mass is 16.5. The number of morpholine rings is 1. The lowest BCUT2D eigenvalue weighted by Crippen LogP contribution is -2.52. The van der Waals surface area contributed by atoms with E-state index in [1.165, 1.54) is 4.90 Å². The van der Waals surface area contributed by atoms with Crippen LogP contribution in [0.1, 0.15) is 12.5 Å². The monoisotopic (exact) mass is 379 g/mol. The van der Waals surface area contributed by atoms with E-state index in [1.54, 1.807) is 29.8 Å². The normalized spacial score (nSPS) is 21.3. The van der Waals surface area contributed by atoms with Crippen LogP contribution in [0.5, 0.6) is 0 Å². The van der Waals surface area contributed by atoms with Crippen LogP contribution < -0.4 is 4.90 Å². The van der Waals surface area contributed by atoms with Gasteiger partial charge in [0.1, 0.15) is 5.82 Å². The van der Waals surface area contributed by atoms with E-state index in [9.17, 15) is 14.9 Å². The summed E-state index contributed by atoms with van der Waals surface area (Å²) in [5.74, 6) is 0.412. The number of nitriles is 1. The summed E-state index contributed by atoms with van der Waals surface area (Å²) >= 11 is 0. The number of hydrogen-bond acceptors (Lipinski definition) is 5. The second kappa shape index (κ2) is 7.09. The number of rotatable bonds is 1. The van der Waals surface area contributed by atoms with Crippen LogP contribution in [0.15, 0.2) is 30.3 Å². The zero-order valence-corrected chi connectivity index (χ0v) is 15.8. The highest BCUT2D eigenvalue weighted by molar-refractivity contribution is 5.94. The van der Waals surface area contributed by atoms with Gasteiger partial charge in [-0.25, -0.2) is 9.78 Å². The number of likely N-dealkylation sites (tertiary alicyclic amines) is 1. The smallest absolute Gasteiger partial charge is 0.325 e. The average molecular weight is 379 g/mol. The lowest BCUT2D eigenvalue weighted by molar-refractivity contribution is -0.140. The molecule has 1 aromatic heterocycles. The first-order chi connectivity index (χ1) is 13.5. The molecule has 2 saturated heterocycles. The molecule has 0 aliphatic carbocycles. The quantitative estimate of drug-likeness (QED) is 0.751. The number of urea groups is 1. The lowest BCUT2D eigenvalue weighted by Gasteiger charge is -2.35. The van der Waals surface area contributed by atoms with E-state index < -0.39 is 0 Å². The Labute approximate surface area is 162 Å². The van der Waals surface area contributed by atoms with E-state index in [0.29, 0.717) is 43.1 Å². The molecule has 0 saturated carbocycles. The van der Waals surface area contributed by atoms with Crippen LogP contribution in [-0.2, 0) is 9.53 Å². The van der Waals surface area contributed by atoms with Crippen molar-refractivity contribution in [1.82, 2.24) is 14.8 Å². The zero-order chi connectivity index (χ0) is 19.8. The zero-order valence-electron chi connectivity index (χ0n) is 15.8. The highest BCUT2D eigenvalue weighted by Crippen LogP contribution is 2.26. The van der Waals surface area contributed by atoms with E-state index in [1.807, 2.05) is 24.3 Å². The van der Waals surface area contributed by atoms with Crippen molar-refractivity contribution in [2.45, 2.75) is 19.1 Å². The van der Waals surface area contributed by atoms with E-state index in [0.717, 1.165) is 5.39 Å². The summed E-state index contributed by atoms with van der Waals surface area (Å²) < 4.78 is 5.78. The fourth-order valence-corrected chi connectivity index (χ4v) is 3.97. The Kier molecular flexibility index (Phi) is 4.61. The molecule has 0 bridgehead atoms. The van der Waals surface area contributed by atoms with Gasteiger partial charge in [0, 0.05) is 32.4 Å². The van der Waals surface area contributed by atoms with Crippen molar-refractivity contribution in [2.75, 3.05) is 38.2 Å². The second-order valence-corrected chi connectivity index (χ2v) is 7.09. The topological polar surface area (TPSA) is 89.8 Å². The number of ether oxygens (including phenoxy) is 1. The minimum atomic E-state index is -0.229. The summed E-state index contributed by atoms with van der Waals surface area (Å²) in [7, 11) is 1.65. The van der Waals surface area contributed by atoms with Crippen molar-refractivity contribution in [1.29, 1.82) is 5.26 Å². The molecule has 4 rings (SSSR count). The predicted octanol–water partition coefficient (Wildman–Crippen LogP) is 1.59. The largest absolute Gasteiger partial charge is 0.372 e. The SMILES string of the molecule is CC(=O)N1CCOC2CN(C(=O)N(C)c3cc(C#N)c4ccccc4n3)CC21. The van der Waals surface area contributed by atoms with Gasteiger partial charge in [-0.3, -0.25) is 9.69 Å². The molecule has 2 atom stereocenters. The number of aromatic nitrogens is 1. The maximum Gasteiger partial charge on any atom is 0.325 e. The van der Waals surface area contributed by atoms with Gasteiger partial charge in [0.25, 0.3) is 0 Å². The van der Waals surface area contributed by atoms with Gasteiger partial charge in [-0.2, -0.15) is 5.26 Å². The summed E-state index contributed by atoms with van der Waals surface area (Å²) in [6, 6.07) is 10.8. The van der Waals surface area contributed by atoms with Crippen LogP contribution >= 0.6 is 0 Å². The first kappa shape index (κ1) is 18.2. The van der Waals surface area contributed by atoms with Crippen LogP contribution in [0.4, 0.5) is 10.6 Å². The molecule has 2 aliphatic heterocycles. The van der Waals surface area contributed by atoms with Crippen LogP contribution in [-0.4, -0.2) is 72.2 Å². The molecule has 3 amide bonds. The molecule has 28 heavy (non-hydrogen) atoms. The molecule has 3 heterocycles. The van der Waals surface area contributed by atoms with Gasteiger partial charge in [0.15, 0.2) is 0 Å². The summed E-state index contributed by atoms with van der Waals surface area (Å²) in [6.07, 6.45) is -0.172. The number of para-hydroxylation sites is 1. The Hall–Kier alpha value is -3.18. The minimum Gasteiger partial charge on any atom is -0.372 e. The summed E-state index contributed by atoms with van der Waals surface area (Å²) in [5, 5.41) is 10.2. The third kappa shape index (κ3) is 3.04. The third-order valence-electron chi connectivity index (χ3n) is 5.43. The number of benzene rings is 1. The molecule has 0 radical (unpaired) electrons. The molecule has 2 unspecified atom stereocenters. The molecule has 8 nitrogen and oxygen atoms in total. The Morgan fingerprint density at radius 1 is 1.32 bits per heavy atom. The van der Waals surface area contributed by atoms with Crippen LogP contribution in [0.2, 0.25) is 0 Å². The maximum atomic E-state index is 13.1. The van der Waals surface area contributed by atoms with E-state index >= 15 is 0 Å².